The predicted octanol–water partition coefficient (Wildman–Crippen LogP) is 0.647. The Balaban J connectivity index is 1.90. The summed E-state index contributed by atoms with van der Waals surface area (Å²) in [6.45, 7) is 0.935. The van der Waals surface area contributed by atoms with Gasteiger partial charge in [0.1, 0.15) is 5.82 Å². The molecule has 1 amide bonds. The van der Waals surface area contributed by atoms with Crippen molar-refractivity contribution < 1.29 is 13.9 Å². The molecule has 1 aliphatic heterocycles. The number of amides is 1. The molecule has 3 rings (SSSR count). The number of hydrogen-bond donors (Lipinski definition) is 0. The molecular weight excluding hydrogens is 305 g/mol. The second-order valence-electron chi connectivity index (χ2n) is 5.29. The van der Waals surface area contributed by atoms with Gasteiger partial charge in [0, 0.05) is 13.7 Å². The van der Waals surface area contributed by atoms with E-state index in [2.05, 4.69) is 10.4 Å². The van der Waals surface area contributed by atoms with E-state index in [0.717, 1.165) is 23.6 Å². The molecule has 0 bridgehead atoms. The monoisotopic (exact) mass is 321 g/mol. The normalized spacial score (nSPS) is 17.7. The molecule has 2 heterocycles. The fourth-order valence-corrected chi connectivity index (χ4v) is 2.71. The number of tetrazole rings is 1. The van der Waals surface area contributed by atoms with Crippen LogP contribution in [0.4, 0.5) is 9.18 Å². The zero-order valence-electron chi connectivity index (χ0n) is 12.6. The molecule has 0 saturated carbocycles. The Labute approximate surface area is 131 Å². The van der Waals surface area contributed by atoms with E-state index in [0.29, 0.717) is 17.8 Å². The van der Waals surface area contributed by atoms with Crippen molar-refractivity contribution in [3.05, 3.63) is 40.6 Å². The summed E-state index contributed by atoms with van der Waals surface area (Å²) in [5.74, 6) is -0.505. The fraction of sp³-hybridized carbons (Fsp3) is 0.429. The number of nitrogens with zero attached hydrogens (tertiary/aromatic N) is 5. The lowest BCUT2D eigenvalue weighted by atomic mass is 10.2. The fourth-order valence-electron chi connectivity index (χ4n) is 2.71. The number of rotatable bonds is 3. The molecule has 1 aliphatic rings. The van der Waals surface area contributed by atoms with Gasteiger partial charge in [-0.2, -0.15) is 4.68 Å². The van der Waals surface area contributed by atoms with Crippen molar-refractivity contribution in [3.63, 3.8) is 0 Å². The van der Waals surface area contributed by atoms with E-state index in [4.69, 9.17) is 4.74 Å². The third kappa shape index (κ3) is 2.87. The maximum Gasteiger partial charge on any atom is 0.377 e. The largest absolute Gasteiger partial charge is 0.383 e. The van der Waals surface area contributed by atoms with Crippen molar-refractivity contribution in [2.75, 3.05) is 20.3 Å². The Morgan fingerprint density at radius 3 is 3.00 bits per heavy atom. The number of likely N-dealkylation sites (tertiary alicyclic amines) is 1. The van der Waals surface area contributed by atoms with E-state index in [1.807, 2.05) is 0 Å². The molecule has 1 aromatic heterocycles. The quantitative estimate of drug-likeness (QED) is 0.775. The number of benzene rings is 1. The second kappa shape index (κ2) is 6.29. The summed E-state index contributed by atoms with van der Waals surface area (Å²) in [5, 5.41) is 7.29. The summed E-state index contributed by atoms with van der Waals surface area (Å²) in [6, 6.07) is 4.74. The van der Waals surface area contributed by atoms with Crippen molar-refractivity contribution in [1.82, 2.24) is 24.7 Å². The topological polar surface area (TPSA) is 82.2 Å². The lowest BCUT2D eigenvalue weighted by molar-refractivity contribution is 0.122. The van der Waals surface area contributed by atoms with Gasteiger partial charge in [-0.1, -0.05) is 6.07 Å². The van der Waals surface area contributed by atoms with E-state index < -0.39 is 17.5 Å². The first kappa shape index (κ1) is 15.3. The van der Waals surface area contributed by atoms with Crippen molar-refractivity contribution in [2.45, 2.75) is 18.9 Å². The highest BCUT2D eigenvalue weighted by molar-refractivity contribution is 5.76. The number of methoxy groups -OCH3 is 1. The highest BCUT2D eigenvalue weighted by Crippen LogP contribution is 2.18. The maximum absolute atomic E-state index is 13.3. The van der Waals surface area contributed by atoms with E-state index in [-0.39, 0.29) is 11.7 Å². The molecule has 0 radical (unpaired) electrons. The first-order valence-corrected chi connectivity index (χ1v) is 7.22. The van der Waals surface area contributed by atoms with Crippen LogP contribution in [0.15, 0.2) is 29.1 Å². The SMILES string of the molecule is COC[C@@H]1CCCN1C(=O)n1nnn(-c2cccc(F)c2)c1=O. The van der Waals surface area contributed by atoms with Gasteiger partial charge >= 0.3 is 11.7 Å². The summed E-state index contributed by atoms with van der Waals surface area (Å²) in [7, 11) is 1.56. The summed E-state index contributed by atoms with van der Waals surface area (Å²) in [6.07, 6.45) is 1.65. The minimum absolute atomic E-state index is 0.0845. The van der Waals surface area contributed by atoms with Gasteiger partial charge in [0.05, 0.1) is 18.3 Å². The Kier molecular flexibility index (Phi) is 4.20. The molecule has 0 N–H and O–H groups in total. The van der Waals surface area contributed by atoms with Crippen molar-refractivity contribution in [2.24, 2.45) is 0 Å². The molecular formula is C14H16FN5O3. The molecule has 0 spiro atoms. The number of aromatic nitrogens is 4. The molecule has 1 aromatic carbocycles. The molecule has 1 atom stereocenters. The number of carbonyl (C=O) groups excluding carboxylic acids is 1. The van der Waals surface area contributed by atoms with Gasteiger partial charge in [0.25, 0.3) is 0 Å². The first-order valence-electron chi connectivity index (χ1n) is 7.22. The van der Waals surface area contributed by atoms with Gasteiger partial charge in [-0.25, -0.2) is 14.0 Å². The van der Waals surface area contributed by atoms with Crippen LogP contribution in [0.2, 0.25) is 0 Å². The van der Waals surface area contributed by atoms with Crippen molar-refractivity contribution in [3.8, 4) is 5.69 Å². The molecule has 1 saturated heterocycles. The van der Waals surface area contributed by atoms with Gasteiger partial charge < -0.3 is 9.64 Å². The lowest BCUT2D eigenvalue weighted by Gasteiger charge is -2.22. The first-order chi connectivity index (χ1) is 11.1. The summed E-state index contributed by atoms with van der Waals surface area (Å²) < 4.78 is 20.0. The van der Waals surface area contributed by atoms with Crippen LogP contribution in [0, 0.1) is 5.82 Å². The van der Waals surface area contributed by atoms with Crippen LogP contribution in [0.25, 0.3) is 5.69 Å². The summed E-state index contributed by atoms with van der Waals surface area (Å²) in [4.78, 5) is 26.4. The molecule has 2 aromatic rings. The van der Waals surface area contributed by atoms with E-state index in [1.165, 1.54) is 18.2 Å². The van der Waals surface area contributed by atoms with Crippen LogP contribution >= 0.6 is 0 Å². The molecule has 8 nitrogen and oxygen atoms in total. The maximum atomic E-state index is 13.3. The highest BCUT2D eigenvalue weighted by Gasteiger charge is 2.31. The number of hydrogen-bond acceptors (Lipinski definition) is 5. The molecule has 9 heteroatoms. The van der Waals surface area contributed by atoms with Crippen molar-refractivity contribution >= 4 is 6.03 Å². The predicted molar refractivity (Wildman–Crippen MR) is 78.0 cm³/mol. The van der Waals surface area contributed by atoms with Crippen LogP contribution in [0.5, 0.6) is 0 Å². The third-order valence-corrected chi connectivity index (χ3v) is 3.80. The number of halogens is 1. The third-order valence-electron chi connectivity index (χ3n) is 3.80. The lowest BCUT2D eigenvalue weighted by Crippen LogP contribution is -2.44. The van der Waals surface area contributed by atoms with Crippen LogP contribution in [0.3, 0.4) is 0 Å². The van der Waals surface area contributed by atoms with Gasteiger partial charge in [0.2, 0.25) is 0 Å². The minimum Gasteiger partial charge on any atom is -0.383 e. The molecule has 0 aliphatic carbocycles. The van der Waals surface area contributed by atoms with Crippen molar-refractivity contribution in [1.29, 1.82) is 0 Å². The van der Waals surface area contributed by atoms with Crippen LogP contribution in [-0.4, -0.2) is 57.0 Å². The van der Waals surface area contributed by atoms with Gasteiger partial charge in [0.15, 0.2) is 0 Å². The average Bonchev–Trinajstić information content (AvgIpc) is 3.14. The van der Waals surface area contributed by atoms with E-state index >= 15 is 0 Å². The zero-order chi connectivity index (χ0) is 16.4. The zero-order valence-corrected chi connectivity index (χ0v) is 12.6. The van der Waals surface area contributed by atoms with Crippen LogP contribution in [0.1, 0.15) is 12.8 Å². The van der Waals surface area contributed by atoms with E-state index in [1.54, 1.807) is 12.0 Å². The highest BCUT2D eigenvalue weighted by atomic mass is 19.1. The summed E-state index contributed by atoms with van der Waals surface area (Å²) in [5.41, 5.74) is -0.521. The Morgan fingerprint density at radius 1 is 1.43 bits per heavy atom. The molecule has 23 heavy (non-hydrogen) atoms. The minimum atomic E-state index is -0.733. The Hall–Kier alpha value is -2.55. The van der Waals surface area contributed by atoms with Gasteiger partial charge in [-0.05, 0) is 41.5 Å². The second-order valence-corrected chi connectivity index (χ2v) is 5.29. The number of carbonyl (C=O) groups is 1. The standard InChI is InChI=1S/C14H16FN5O3/c1-23-9-12-6-3-7-18(12)13(21)20-14(22)19(16-17-20)11-5-2-4-10(15)8-11/h2,4-5,8,12H,3,6-7,9H2,1H3/t12-/m0/s1. The number of ether oxygens (including phenoxy) is 1. The smallest absolute Gasteiger partial charge is 0.377 e. The Morgan fingerprint density at radius 2 is 2.26 bits per heavy atom. The van der Waals surface area contributed by atoms with E-state index in [9.17, 15) is 14.0 Å². The average molecular weight is 321 g/mol. The Bertz CT molecular complexity index is 772. The molecule has 0 unspecified atom stereocenters. The molecule has 122 valence electrons. The molecule has 1 fully saturated rings. The van der Waals surface area contributed by atoms with Crippen LogP contribution in [-0.2, 0) is 4.74 Å². The summed E-state index contributed by atoms with van der Waals surface area (Å²) >= 11 is 0. The van der Waals surface area contributed by atoms with Gasteiger partial charge in [-0.15, -0.1) is 4.68 Å². The van der Waals surface area contributed by atoms with Gasteiger partial charge in [-0.3, -0.25) is 0 Å². The van der Waals surface area contributed by atoms with Crippen LogP contribution < -0.4 is 5.69 Å².